The number of likely N-dealkylation sites (tertiary alicyclic amines) is 1. The molecule has 4 aliphatic rings. The minimum atomic E-state index is -1.29. The van der Waals surface area contributed by atoms with Gasteiger partial charge < -0.3 is 20.1 Å². The van der Waals surface area contributed by atoms with E-state index in [0.29, 0.717) is 5.16 Å². The zero-order chi connectivity index (χ0) is 21.9. The van der Waals surface area contributed by atoms with Crippen LogP contribution in [0.5, 0.6) is 0 Å². The molecule has 0 radical (unpaired) electrons. The number of hydrogen-bond donors (Lipinski definition) is 2. The average Bonchev–Trinajstić information content (AvgIpc) is 3.28. The van der Waals surface area contributed by atoms with Crippen LogP contribution in [0.15, 0.2) is 16.6 Å². The van der Waals surface area contributed by atoms with E-state index >= 15 is 0 Å². The van der Waals surface area contributed by atoms with Crippen LogP contribution in [0.25, 0.3) is 0 Å². The molecule has 0 aromatic carbocycles. The minimum absolute atomic E-state index is 0. The maximum atomic E-state index is 12.6. The van der Waals surface area contributed by atoms with Crippen molar-refractivity contribution in [2.75, 3.05) is 12.3 Å². The fraction of sp³-hybridized carbons (Fsp3) is 0.588. The molecule has 4 heterocycles. The van der Waals surface area contributed by atoms with Crippen LogP contribution in [-0.2, 0) is 30.5 Å². The van der Waals surface area contributed by atoms with Gasteiger partial charge >= 0.3 is 35.5 Å². The van der Waals surface area contributed by atoms with Gasteiger partial charge in [-0.25, -0.2) is 9.48 Å². The molecule has 0 bridgehead atoms. The number of carboxylic acids is 1. The van der Waals surface area contributed by atoms with E-state index in [0.717, 1.165) is 24.6 Å². The van der Waals surface area contributed by atoms with Crippen LogP contribution in [0.1, 0.15) is 19.8 Å². The van der Waals surface area contributed by atoms with Gasteiger partial charge in [-0.3, -0.25) is 19.3 Å². The van der Waals surface area contributed by atoms with Crippen LogP contribution < -0.4 is 5.32 Å². The second-order valence-corrected chi connectivity index (χ2v) is 8.74. The number of carboxylic acid groups (broad SMARTS) is 1. The van der Waals surface area contributed by atoms with Crippen LogP contribution in [0, 0.1) is 0 Å². The molecule has 2 saturated heterocycles. The van der Waals surface area contributed by atoms with Crippen molar-refractivity contribution in [3.63, 3.8) is 0 Å². The number of nitrogens with one attached hydrogen (secondary N) is 1. The van der Waals surface area contributed by atoms with E-state index in [2.05, 4.69) is 20.8 Å². The zero-order valence-corrected chi connectivity index (χ0v) is 17.2. The molecule has 5 rings (SSSR count). The first-order valence-corrected chi connectivity index (χ1v) is 10.8. The molecular formula is C17H20N7NaO6S. The summed E-state index contributed by atoms with van der Waals surface area (Å²) in [4.78, 5) is 51.1. The molecule has 2 N–H and O–H groups in total. The number of hydrogen-bond acceptors (Lipinski definition) is 9. The van der Waals surface area contributed by atoms with Gasteiger partial charge in [0, 0.05) is 13.0 Å². The number of β-lactam (4-membered cyclic amide) rings is 1. The van der Waals surface area contributed by atoms with Gasteiger partial charge in [0.1, 0.15) is 30.5 Å². The molecule has 3 atom stereocenters. The Kier molecular flexibility index (Phi) is 6.22. The van der Waals surface area contributed by atoms with Crippen molar-refractivity contribution in [2.45, 2.75) is 55.7 Å². The molecule has 15 heteroatoms. The molecule has 32 heavy (non-hydrogen) atoms. The number of nitrogens with zero attached hydrogens (tertiary/aromatic N) is 6. The average molecular weight is 473 g/mol. The van der Waals surface area contributed by atoms with Gasteiger partial charge in [0.2, 0.25) is 17.0 Å². The summed E-state index contributed by atoms with van der Waals surface area (Å²) in [5.41, 5.74) is -0.231. The number of aromatic nitrogens is 4. The van der Waals surface area contributed by atoms with Crippen molar-refractivity contribution in [3.8, 4) is 0 Å². The van der Waals surface area contributed by atoms with Gasteiger partial charge in [0.25, 0.3) is 5.91 Å². The third kappa shape index (κ3) is 3.89. The third-order valence-electron chi connectivity index (χ3n) is 5.68. The fourth-order valence-electron chi connectivity index (χ4n) is 4.15. The van der Waals surface area contributed by atoms with Gasteiger partial charge in [0.15, 0.2) is 5.70 Å². The molecule has 3 amide bonds. The molecule has 0 spiro atoms. The summed E-state index contributed by atoms with van der Waals surface area (Å²) in [5.74, 6) is -2.02. The van der Waals surface area contributed by atoms with Crippen molar-refractivity contribution in [3.05, 3.63) is 11.5 Å². The van der Waals surface area contributed by atoms with Gasteiger partial charge in [-0.1, -0.05) is 11.8 Å². The summed E-state index contributed by atoms with van der Waals surface area (Å²) in [6, 6.07) is -0.957. The predicted molar refractivity (Wildman–Crippen MR) is 108 cm³/mol. The number of tetrazole rings is 1. The van der Waals surface area contributed by atoms with E-state index in [4.69, 9.17) is 4.74 Å². The molecule has 1 saturated carbocycles. The van der Waals surface area contributed by atoms with Crippen LogP contribution >= 0.6 is 11.8 Å². The Morgan fingerprint density at radius 2 is 2.06 bits per heavy atom. The molecule has 0 unspecified atom stereocenters. The molecule has 166 valence electrons. The number of aliphatic carboxylic acids is 1. The number of thioether (sulfide) groups is 1. The summed E-state index contributed by atoms with van der Waals surface area (Å²) in [6.45, 7) is 1.53. The molecule has 13 nitrogen and oxygen atoms in total. The predicted octanol–water partition coefficient (Wildman–Crippen LogP) is -2.47. The normalized spacial score (nSPS) is 25.5. The van der Waals surface area contributed by atoms with E-state index in [1.54, 1.807) is 0 Å². The molecule has 3 aliphatic heterocycles. The van der Waals surface area contributed by atoms with Gasteiger partial charge in [0.05, 0.1) is 12.3 Å². The van der Waals surface area contributed by atoms with Crippen LogP contribution in [0.2, 0.25) is 0 Å². The van der Waals surface area contributed by atoms with Crippen molar-refractivity contribution in [2.24, 2.45) is 0 Å². The number of carbonyl (C=O) groups is 4. The van der Waals surface area contributed by atoms with Gasteiger partial charge in [-0.05, 0) is 23.3 Å². The second kappa shape index (κ2) is 8.65. The summed E-state index contributed by atoms with van der Waals surface area (Å²) in [6.07, 6.45) is 1.43. The standard InChI is InChI=1S/C17H19N7O6S.Na.H/c1-7(25)22-4-9-12-14(22)15(27)24(12)13(16(28)29)10(30-9)6-31-17-19-20-21-23(17)5-11(26)18-8-2-3-8;;/h8-9,12,14H,2-6H2,1H3,(H,18,26)(H,28,29);;/t9-,12-,14+;;/m1../s1. The van der Waals surface area contributed by atoms with E-state index in [-0.39, 0.29) is 77.7 Å². The Hall–Kier alpha value is -2.16. The summed E-state index contributed by atoms with van der Waals surface area (Å²) >= 11 is 1.10. The van der Waals surface area contributed by atoms with Crippen LogP contribution in [0.4, 0.5) is 0 Å². The summed E-state index contributed by atoms with van der Waals surface area (Å²) < 4.78 is 7.25. The topological polar surface area (TPSA) is 160 Å². The number of amides is 3. The van der Waals surface area contributed by atoms with Crippen molar-refractivity contribution < 1.29 is 29.0 Å². The molecular weight excluding hydrogens is 453 g/mol. The number of carbonyl (C=O) groups excluding carboxylic acids is 3. The summed E-state index contributed by atoms with van der Waals surface area (Å²) in [7, 11) is 0. The number of ether oxygens (including phenoxy) is 1. The molecule has 1 aliphatic carbocycles. The first-order chi connectivity index (χ1) is 14.8. The van der Waals surface area contributed by atoms with Crippen molar-refractivity contribution in [1.82, 2.24) is 35.3 Å². The maximum absolute atomic E-state index is 12.6. The van der Waals surface area contributed by atoms with Crippen molar-refractivity contribution in [1.29, 1.82) is 0 Å². The zero-order valence-electron chi connectivity index (χ0n) is 16.4. The van der Waals surface area contributed by atoms with E-state index in [9.17, 15) is 24.3 Å². The monoisotopic (exact) mass is 473 g/mol. The Bertz CT molecular complexity index is 1030. The second-order valence-electron chi connectivity index (χ2n) is 7.80. The Balaban J connectivity index is 0.00000245. The Morgan fingerprint density at radius 3 is 2.72 bits per heavy atom. The summed E-state index contributed by atoms with van der Waals surface area (Å²) in [5, 5.41) is 24.2. The number of rotatable bonds is 7. The third-order valence-corrected chi connectivity index (χ3v) is 6.64. The van der Waals surface area contributed by atoms with Crippen LogP contribution in [-0.4, -0.2) is 125 Å². The van der Waals surface area contributed by atoms with Crippen LogP contribution in [0.3, 0.4) is 0 Å². The SMILES string of the molecule is CC(=O)N1C[C@H]2OC(CSc3nnnn3CC(=O)NC3CC3)=C(C(=O)O)N3C(=O)[C@@H]1[C@@H]23.[NaH]. The van der Waals surface area contributed by atoms with E-state index in [1.807, 2.05) is 0 Å². The molecule has 1 aromatic heterocycles. The molecule has 3 fully saturated rings. The first-order valence-electron chi connectivity index (χ1n) is 9.77. The van der Waals surface area contributed by atoms with Crippen molar-refractivity contribution >= 4 is 65.0 Å². The van der Waals surface area contributed by atoms with Gasteiger partial charge in [-0.2, -0.15) is 0 Å². The molecule has 1 aromatic rings. The Morgan fingerprint density at radius 1 is 1.31 bits per heavy atom. The fourth-order valence-corrected chi connectivity index (χ4v) is 4.96. The van der Waals surface area contributed by atoms with E-state index < -0.39 is 30.1 Å². The van der Waals surface area contributed by atoms with Gasteiger partial charge in [-0.15, -0.1) is 5.10 Å². The van der Waals surface area contributed by atoms with E-state index in [1.165, 1.54) is 21.4 Å². The first kappa shape index (κ1) is 23.0. The Labute approximate surface area is 208 Å². The quantitative estimate of drug-likeness (QED) is 0.247.